The fourth-order valence-corrected chi connectivity index (χ4v) is 1.96. The van der Waals surface area contributed by atoms with Gasteiger partial charge in [-0.25, -0.2) is 0 Å². The highest BCUT2D eigenvalue weighted by atomic mass is 16.5. The number of hydrogen-bond acceptors (Lipinski definition) is 3. The second-order valence-corrected chi connectivity index (χ2v) is 7.02. The van der Waals surface area contributed by atoms with E-state index in [0.29, 0.717) is 0 Å². The summed E-state index contributed by atoms with van der Waals surface area (Å²) in [5.74, 6) is 0.745. The Morgan fingerprint density at radius 2 is 1.76 bits per heavy atom. The van der Waals surface area contributed by atoms with Crippen molar-refractivity contribution >= 4 is 0 Å². The first-order valence-electron chi connectivity index (χ1n) is 6.75. The van der Waals surface area contributed by atoms with Crippen LogP contribution in [0, 0.1) is 5.92 Å². The maximum atomic E-state index is 5.24. The highest BCUT2D eigenvalue weighted by Crippen LogP contribution is 2.21. The van der Waals surface area contributed by atoms with Crippen molar-refractivity contribution in [2.75, 3.05) is 33.4 Å². The van der Waals surface area contributed by atoms with Crippen LogP contribution in [0.1, 0.15) is 41.0 Å². The Kier molecular flexibility index (Phi) is 4.99. The van der Waals surface area contributed by atoms with Gasteiger partial charge in [0, 0.05) is 23.5 Å². The van der Waals surface area contributed by atoms with E-state index in [1.807, 2.05) is 0 Å². The summed E-state index contributed by atoms with van der Waals surface area (Å²) in [4.78, 5) is 2.48. The van der Waals surface area contributed by atoms with E-state index in [4.69, 9.17) is 4.74 Å². The third-order valence-corrected chi connectivity index (χ3v) is 3.66. The van der Waals surface area contributed by atoms with Crippen LogP contribution in [-0.2, 0) is 4.74 Å². The van der Waals surface area contributed by atoms with E-state index in [-0.39, 0.29) is 11.1 Å². The van der Waals surface area contributed by atoms with Gasteiger partial charge >= 0.3 is 0 Å². The van der Waals surface area contributed by atoms with Crippen LogP contribution in [0.3, 0.4) is 0 Å². The van der Waals surface area contributed by atoms with E-state index < -0.39 is 0 Å². The minimum Gasteiger partial charge on any atom is -0.381 e. The zero-order valence-electron chi connectivity index (χ0n) is 12.5. The number of nitrogens with zero attached hydrogens (tertiary/aromatic N) is 1. The molecule has 1 N–H and O–H groups in total. The molecule has 0 aliphatic carbocycles. The Labute approximate surface area is 107 Å². The van der Waals surface area contributed by atoms with Crippen LogP contribution in [0.5, 0.6) is 0 Å². The molecule has 0 radical (unpaired) electrons. The Morgan fingerprint density at radius 3 is 2.18 bits per heavy atom. The lowest BCUT2D eigenvalue weighted by atomic mass is 9.95. The molecule has 102 valence electrons. The summed E-state index contributed by atoms with van der Waals surface area (Å²) in [7, 11) is 2.23. The molecule has 1 saturated heterocycles. The topological polar surface area (TPSA) is 24.5 Å². The summed E-state index contributed by atoms with van der Waals surface area (Å²) in [6, 6.07) is 0. The molecule has 0 aromatic rings. The third kappa shape index (κ3) is 5.36. The summed E-state index contributed by atoms with van der Waals surface area (Å²) in [6.07, 6.45) is 1.17. The van der Waals surface area contributed by atoms with Gasteiger partial charge in [-0.3, -0.25) is 0 Å². The standard InChI is InChI=1S/C14H30N2O/c1-13(2,3)15-8-7-14(4,5)16(6)9-12-10-17-11-12/h12,15H,7-11H2,1-6H3. The highest BCUT2D eigenvalue weighted by Gasteiger charge is 2.28. The lowest BCUT2D eigenvalue weighted by molar-refractivity contribution is -0.0549. The normalized spacial score (nSPS) is 18.5. The maximum Gasteiger partial charge on any atom is 0.0528 e. The summed E-state index contributed by atoms with van der Waals surface area (Å²) in [6.45, 7) is 15.4. The maximum absolute atomic E-state index is 5.24. The van der Waals surface area contributed by atoms with Crippen LogP contribution >= 0.6 is 0 Å². The fourth-order valence-electron chi connectivity index (χ4n) is 1.96. The van der Waals surface area contributed by atoms with Gasteiger partial charge in [-0.1, -0.05) is 0 Å². The molecule has 0 spiro atoms. The highest BCUT2D eigenvalue weighted by molar-refractivity contribution is 4.84. The molecule has 0 aromatic heterocycles. The van der Waals surface area contributed by atoms with Crippen molar-refractivity contribution in [1.29, 1.82) is 0 Å². The van der Waals surface area contributed by atoms with Crippen molar-refractivity contribution in [2.24, 2.45) is 5.92 Å². The molecule has 0 saturated carbocycles. The van der Waals surface area contributed by atoms with E-state index in [0.717, 1.165) is 32.2 Å². The van der Waals surface area contributed by atoms with Gasteiger partial charge in [0.15, 0.2) is 0 Å². The monoisotopic (exact) mass is 242 g/mol. The smallest absolute Gasteiger partial charge is 0.0528 e. The molecule has 0 unspecified atom stereocenters. The number of nitrogens with one attached hydrogen (secondary N) is 1. The van der Waals surface area contributed by atoms with Gasteiger partial charge in [0.2, 0.25) is 0 Å². The molecule has 0 amide bonds. The largest absolute Gasteiger partial charge is 0.381 e. The molecule has 1 aliphatic heterocycles. The fraction of sp³-hybridized carbons (Fsp3) is 1.00. The average molecular weight is 242 g/mol. The lowest BCUT2D eigenvalue weighted by Crippen LogP contribution is -2.49. The minimum absolute atomic E-state index is 0.219. The Morgan fingerprint density at radius 1 is 1.18 bits per heavy atom. The minimum atomic E-state index is 0.219. The quantitative estimate of drug-likeness (QED) is 0.772. The van der Waals surface area contributed by atoms with E-state index in [1.54, 1.807) is 0 Å². The first kappa shape index (κ1) is 14.9. The Bertz CT molecular complexity index is 229. The molecular formula is C14H30N2O. The van der Waals surface area contributed by atoms with Crippen molar-refractivity contribution in [2.45, 2.75) is 52.1 Å². The van der Waals surface area contributed by atoms with Gasteiger partial charge in [-0.05, 0) is 54.6 Å². The summed E-state index contributed by atoms with van der Waals surface area (Å²) >= 11 is 0. The average Bonchev–Trinajstić information content (AvgIpc) is 2.08. The second-order valence-electron chi connectivity index (χ2n) is 7.02. The van der Waals surface area contributed by atoms with Crippen LogP contribution in [-0.4, -0.2) is 49.3 Å². The van der Waals surface area contributed by atoms with Gasteiger partial charge in [0.05, 0.1) is 13.2 Å². The van der Waals surface area contributed by atoms with Gasteiger partial charge in [0.25, 0.3) is 0 Å². The molecule has 3 heteroatoms. The van der Waals surface area contributed by atoms with E-state index in [2.05, 4.69) is 51.9 Å². The van der Waals surface area contributed by atoms with Crippen molar-refractivity contribution < 1.29 is 4.74 Å². The SMILES string of the molecule is CN(CC1COC1)C(C)(C)CCNC(C)(C)C. The third-order valence-electron chi connectivity index (χ3n) is 3.66. The summed E-state index contributed by atoms with van der Waals surface area (Å²) in [5, 5.41) is 3.56. The molecule has 3 nitrogen and oxygen atoms in total. The van der Waals surface area contributed by atoms with Crippen LogP contribution < -0.4 is 5.32 Å². The second kappa shape index (κ2) is 5.68. The Balaban J connectivity index is 2.27. The van der Waals surface area contributed by atoms with Crippen molar-refractivity contribution in [3.8, 4) is 0 Å². The van der Waals surface area contributed by atoms with Gasteiger partial charge < -0.3 is 15.0 Å². The van der Waals surface area contributed by atoms with Crippen LogP contribution in [0.15, 0.2) is 0 Å². The van der Waals surface area contributed by atoms with Gasteiger partial charge in [-0.15, -0.1) is 0 Å². The molecule has 0 atom stereocenters. The molecule has 1 fully saturated rings. The zero-order valence-corrected chi connectivity index (χ0v) is 12.5. The number of rotatable bonds is 6. The van der Waals surface area contributed by atoms with Crippen LogP contribution in [0.25, 0.3) is 0 Å². The lowest BCUT2D eigenvalue weighted by Gasteiger charge is -2.40. The van der Waals surface area contributed by atoms with Crippen LogP contribution in [0.2, 0.25) is 0 Å². The zero-order chi connectivity index (χ0) is 13.1. The van der Waals surface area contributed by atoms with Crippen molar-refractivity contribution in [3.63, 3.8) is 0 Å². The molecule has 1 aliphatic rings. The van der Waals surface area contributed by atoms with Gasteiger partial charge in [0.1, 0.15) is 0 Å². The van der Waals surface area contributed by atoms with E-state index in [1.165, 1.54) is 6.42 Å². The van der Waals surface area contributed by atoms with Crippen LogP contribution in [0.4, 0.5) is 0 Å². The Hall–Kier alpha value is -0.120. The number of ether oxygens (including phenoxy) is 1. The molecule has 1 heterocycles. The molecule has 1 rings (SSSR count). The molecule has 0 aromatic carbocycles. The molecule has 0 bridgehead atoms. The first-order valence-corrected chi connectivity index (χ1v) is 6.75. The van der Waals surface area contributed by atoms with Crippen molar-refractivity contribution in [1.82, 2.24) is 10.2 Å². The summed E-state index contributed by atoms with van der Waals surface area (Å²) < 4.78 is 5.24. The predicted octanol–water partition coefficient (Wildman–Crippen LogP) is 2.12. The summed E-state index contributed by atoms with van der Waals surface area (Å²) in [5.41, 5.74) is 0.476. The van der Waals surface area contributed by atoms with E-state index in [9.17, 15) is 0 Å². The van der Waals surface area contributed by atoms with Gasteiger partial charge in [-0.2, -0.15) is 0 Å². The van der Waals surface area contributed by atoms with E-state index >= 15 is 0 Å². The first-order chi connectivity index (χ1) is 7.71. The predicted molar refractivity (Wildman–Crippen MR) is 73.4 cm³/mol. The number of hydrogen-bond donors (Lipinski definition) is 1. The molecular weight excluding hydrogens is 212 g/mol. The molecule has 17 heavy (non-hydrogen) atoms. The van der Waals surface area contributed by atoms with Crippen molar-refractivity contribution in [3.05, 3.63) is 0 Å².